The molecule has 1 heterocycles. The Morgan fingerprint density at radius 2 is 2.00 bits per heavy atom. The number of likely N-dealkylation sites (N-methyl/N-ethyl adjacent to an activating group) is 1. The Kier molecular flexibility index (Phi) is 11.8. The molecule has 0 aliphatic rings. The van der Waals surface area contributed by atoms with Crippen LogP contribution in [0.25, 0.3) is 0 Å². The van der Waals surface area contributed by atoms with E-state index in [1.54, 1.807) is 20.4 Å². The Hall–Kier alpha value is -1.57. The van der Waals surface area contributed by atoms with E-state index in [1.807, 2.05) is 12.1 Å². The van der Waals surface area contributed by atoms with Crippen LogP contribution in [0.2, 0.25) is 0 Å². The molecule has 1 rings (SSSR count). The molecule has 2 N–H and O–H groups in total. The second kappa shape index (κ2) is 13.8. The minimum Gasteiger partial charge on any atom is -0.467 e. The predicted molar refractivity (Wildman–Crippen MR) is 96.3 cm³/mol. The van der Waals surface area contributed by atoms with E-state index in [1.165, 1.54) is 0 Å². The largest absolute Gasteiger partial charge is 0.467 e. The summed E-state index contributed by atoms with van der Waals surface area (Å²) < 4.78 is 15.8. The van der Waals surface area contributed by atoms with Crippen LogP contribution in [0.5, 0.6) is 0 Å². The molecule has 0 spiro atoms. The number of furan rings is 1. The molecule has 0 atom stereocenters. The molecule has 0 amide bonds. The van der Waals surface area contributed by atoms with Crippen molar-refractivity contribution in [3.05, 3.63) is 24.2 Å². The van der Waals surface area contributed by atoms with Crippen LogP contribution in [0, 0.1) is 0 Å². The molecule has 1 aromatic rings. The van der Waals surface area contributed by atoms with Crippen molar-refractivity contribution in [2.24, 2.45) is 4.99 Å². The van der Waals surface area contributed by atoms with Gasteiger partial charge in [-0.15, -0.1) is 0 Å². The maximum absolute atomic E-state index is 5.54. The summed E-state index contributed by atoms with van der Waals surface area (Å²) in [6.07, 6.45) is 3.64. The lowest BCUT2D eigenvalue weighted by Crippen LogP contribution is -2.39. The van der Waals surface area contributed by atoms with E-state index in [-0.39, 0.29) is 0 Å². The smallest absolute Gasteiger partial charge is 0.190 e. The van der Waals surface area contributed by atoms with E-state index in [2.05, 4.69) is 27.6 Å². The highest BCUT2D eigenvalue weighted by Gasteiger charge is 2.00. The third-order valence-electron chi connectivity index (χ3n) is 3.49. The number of ether oxygens (including phenoxy) is 2. The van der Waals surface area contributed by atoms with Crippen molar-refractivity contribution in [1.82, 2.24) is 15.5 Å². The quantitative estimate of drug-likeness (QED) is 0.321. The van der Waals surface area contributed by atoms with Crippen LogP contribution in [-0.4, -0.2) is 71.5 Å². The van der Waals surface area contributed by atoms with Crippen molar-refractivity contribution in [2.45, 2.75) is 19.4 Å². The van der Waals surface area contributed by atoms with Gasteiger partial charge in [-0.1, -0.05) is 0 Å². The standard InChI is InChI=1S/C17H32N4O3/c1-18-17(19-8-5-10-21(2)11-14-22-3)20-9-6-12-23-15-16-7-4-13-24-16/h4,7,13H,5-6,8-12,14-15H2,1-3H3,(H2,18,19,20). The zero-order valence-electron chi connectivity index (χ0n) is 15.2. The molecule has 7 heteroatoms. The minimum absolute atomic E-state index is 0.524. The molecule has 0 saturated heterocycles. The number of rotatable bonds is 13. The molecule has 0 bridgehead atoms. The van der Waals surface area contributed by atoms with Gasteiger partial charge >= 0.3 is 0 Å². The maximum atomic E-state index is 5.54. The van der Waals surface area contributed by atoms with Gasteiger partial charge in [0, 0.05) is 40.4 Å². The molecule has 0 fully saturated rings. The second-order valence-electron chi connectivity index (χ2n) is 5.56. The summed E-state index contributed by atoms with van der Waals surface area (Å²) in [5.41, 5.74) is 0. The summed E-state index contributed by atoms with van der Waals surface area (Å²) in [6.45, 7) is 5.70. The van der Waals surface area contributed by atoms with Crippen LogP contribution < -0.4 is 10.6 Å². The van der Waals surface area contributed by atoms with Crippen LogP contribution in [0.4, 0.5) is 0 Å². The topological polar surface area (TPSA) is 71.3 Å². The number of nitrogens with zero attached hydrogens (tertiary/aromatic N) is 2. The third kappa shape index (κ3) is 10.3. The van der Waals surface area contributed by atoms with E-state index in [0.29, 0.717) is 13.2 Å². The lowest BCUT2D eigenvalue weighted by Gasteiger charge is -2.17. The van der Waals surface area contributed by atoms with Crippen molar-refractivity contribution < 1.29 is 13.9 Å². The SMILES string of the molecule is CN=C(NCCCOCc1ccco1)NCCCN(C)CCOC. The summed E-state index contributed by atoms with van der Waals surface area (Å²) in [4.78, 5) is 6.48. The Balaban J connectivity index is 1.96. The van der Waals surface area contributed by atoms with Gasteiger partial charge in [-0.2, -0.15) is 0 Å². The fraction of sp³-hybridized carbons (Fsp3) is 0.706. The highest BCUT2D eigenvalue weighted by molar-refractivity contribution is 5.79. The number of aliphatic imine (C=N–C) groups is 1. The Labute approximate surface area is 145 Å². The maximum Gasteiger partial charge on any atom is 0.190 e. The van der Waals surface area contributed by atoms with Crippen molar-refractivity contribution in [1.29, 1.82) is 0 Å². The van der Waals surface area contributed by atoms with E-state index < -0.39 is 0 Å². The average molecular weight is 340 g/mol. The monoisotopic (exact) mass is 340 g/mol. The number of guanidine groups is 1. The van der Waals surface area contributed by atoms with Gasteiger partial charge in [0.15, 0.2) is 5.96 Å². The normalized spacial score (nSPS) is 11.9. The van der Waals surface area contributed by atoms with Gasteiger partial charge < -0.3 is 29.4 Å². The number of hydrogen-bond acceptors (Lipinski definition) is 5. The molecule has 0 saturated carbocycles. The zero-order chi connectivity index (χ0) is 17.5. The highest BCUT2D eigenvalue weighted by Crippen LogP contribution is 2.01. The number of methoxy groups -OCH3 is 1. The van der Waals surface area contributed by atoms with Crippen LogP contribution >= 0.6 is 0 Å². The van der Waals surface area contributed by atoms with Crippen molar-refractivity contribution in [3.8, 4) is 0 Å². The number of nitrogens with one attached hydrogen (secondary N) is 2. The fourth-order valence-corrected chi connectivity index (χ4v) is 2.08. The summed E-state index contributed by atoms with van der Waals surface area (Å²) in [5.74, 6) is 1.69. The molecule has 24 heavy (non-hydrogen) atoms. The summed E-state index contributed by atoms with van der Waals surface area (Å²) >= 11 is 0. The van der Waals surface area contributed by atoms with Gasteiger partial charge in [-0.3, -0.25) is 4.99 Å². The van der Waals surface area contributed by atoms with Crippen molar-refractivity contribution >= 4 is 5.96 Å². The van der Waals surface area contributed by atoms with Gasteiger partial charge in [0.05, 0.1) is 12.9 Å². The van der Waals surface area contributed by atoms with Gasteiger partial charge in [-0.25, -0.2) is 0 Å². The first-order chi connectivity index (χ1) is 11.8. The fourth-order valence-electron chi connectivity index (χ4n) is 2.08. The average Bonchev–Trinajstić information content (AvgIpc) is 3.11. The second-order valence-corrected chi connectivity index (χ2v) is 5.56. The van der Waals surface area contributed by atoms with Gasteiger partial charge in [0.1, 0.15) is 12.4 Å². The zero-order valence-corrected chi connectivity index (χ0v) is 15.2. The molecule has 0 aliphatic carbocycles. The molecule has 0 radical (unpaired) electrons. The molecule has 0 aromatic carbocycles. The molecular formula is C17H32N4O3. The summed E-state index contributed by atoms with van der Waals surface area (Å²) in [5, 5.41) is 6.61. The molecule has 138 valence electrons. The minimum atomic E-state index is 0.524. The van der Waals surface area contributed by atoms with Crippen LogP contribution in [0.3, 0.4) is 0 Å². The van der Waals surface area contributed by atoms with Crippen LogP contribution in [-0.2, 0) is 16.1 Å². The third-order valence-corrected chi connectivity index (χ3v) is 3.49. The van der Waals surface area contributed by atoms with E-state index in [9.17, 15) is 0 Å². The highest BCUT2D eigenvalue weighted by atomic mass is 16.5. The van der Waals surface area contributed by atoms with Gasteiger partial charge in [0.2, 0.25) is 0 Å². The van der Waals surface area contributed by atoms with Crippen molar-refractivity contribution in [3.63, 3.8) is 0 Å². The predicted octanol–water partition coefficient (Wildman–Crippen LogP) is 1.32. The lowest BCUT2D eigenvalue weighted by atomic mass is 10.4. The first kappa shape index (κ1) is 20.5. The van der Waals surface area contributed by atoms with E-state index in [0.717, 1.165) is 57.3 Å². The Bertz CT molecular complexity index is 423. The molecule has 0 unspecified atom stereocenters. The van der Waals surface area contributed by atoms with Gasteiger partial charge in [-0.05, 0) is 38.6 Å². The van der Waals surface area contributed by atoms with Crippen molar-refractivity contribution in [2.75, 3.05) is 60.6 Å². The molecule has 0 aliphatic heterocycles. The lowest BCUT2D eigenvalue weighted by molar-refractivity contribution is 0.105. The Morgan fingerprint density at radius 3 is 2.67 bits per heavy atom. The molecular weight excluding hydrogens is 308 g/mol. The van der Waals surface area contributed by atoms with E-state index in [4.69, 9.17) is 13.9 Å². The van der Waals surface area contributed by atoms with Gasteiger partial charge in [0.25, 0.3) is 0 Å². The first-order valence-corrected chi connectivity index (χ1v) is 8.48. The van der Waals surface area contributed by atoms with E-state index >= 15 is 0 Å². The van der Waals surface area contributed by atoms with Crippen LogP contribution in [0.1, 0.15) is 18.6 Å². The first-order valence-electron chi connectivity index (χ1n) is 8.48. The summed E-state index contributed by atoms with van der Waals surface area (Å²) in [6, 6.07) is 3.78. The Morgan fingerprint density at radius 1 is 1.21 bits per heavy atom. The summed E-state index contributed by atoms with van der Waals surface area (Å²) in [7, 11) is 5.62. The molecule has 7 nitrogen and oxygen atoms in total. The number of hydrogen-bond donors (Lipinski definition) is 2. The molecule has 1 aromatic heterocycles. The van der Waals surface area contributed by atoms with Crippen LogP contribution in [0.15, 0.2) is 27.8 Å².